The third-order valence-corrected chi connectivity index (χ3v) is 4.78. The minimum Gasteiger partial charge on any atom is -0.478 e. The van der Waals surface area contributed by atoms with Crippen LogP contribution in [0.15, 0.2) is 24.3 Å². The van der Waals surface area contributed by atoms with Crippen LogP contribution in [0.25, 0.3) is 0 Å². The predicted octanol–water partition coefficient (Wildman–Crippen LogP) is 0.791. The largest absolute Gasteiger partial charge is 0.478 e. The lowest BCUT2D eigenvalue weighted by Crippen LogP contribution is -2.54. The van der Waals surface area contributed by atoms with Crippen LogP contribution in [0.5, 0.6) is 0 Å². The molecule has 0 aliphatic carbocycles. The number of carboxylic acids is 1. The van der Waals surface area contributed by atoms with Crippen molar-refractivity contribution in [3.63, 3.8) is 0 Å². The Balaban J connectivity index is 1.66. The van der Waals surface area contributed by atoms with Crippen LogP contribution in [0.2, 0.25) is 0 Å². The number of nitrogens with zero attached hydrogens (tertiary/aromatic N) is 3. The van der Waals surface area contributed by atoms with Crippen LogP contribution in [0.3, 0.4) is 0 Å². The van der Waals surface area contributed by atoms with E-state index in [1.807, 2.05) is 4.90 Å². The molecule has 0 aromatic heterocycles. The van der Waals surface area contributed by atoms with Crippen molar-refractivity contribution in [2.45, 2.75) is 19.4 Å². The van der Waals surface area contributed by atoms with E-state index in [0.717, 1.165) is 4.90 Å². The van der Waals surface area contributed by atoms with Crippen LogP contribution in [-0.2, 0) is 14.3 Å². The summed E-state index contributed by atoms with van der Waals surface area (Å²) in [6.07, 6.45) is -0.301. The van der Waals surface area contributed by atoms with Gasteiger partial charge in [-0.25, -0.2) is 14.5 Å². The van der Waals surface area contributed by atoms with Crippen LogP contribution in [0, 0.1) is 0 Å². The number of aromatic carboxylic acids is 1. The van der Waals surface area contributed by atoms with E-state index in [0.29, 0.717) is 38.5 Å². The Morgan fingerprint density at radius 2 is 1.74 bits per heavy atom. The molecule has 0 bridgehead atoms. The van der Waals surface area contributed by atoms with Crippen molar-refractivity contribution in [3.05, 3.63) is 29.8 Å². The van der Waals surface area contributed by atoms with E-state index < -0.39 is 12.0 Å². The molecule has 0 saturated carbocycles. The quantitative estimate of drug-likeness (QED) is 0.775. The summed E-state index contributed by atoms with van der Waals surface area (Å²) in [4.78, 5) is 52.5. The molecule has 3 rings (SSSR count). The molecule has 3 amide bonds. The maximum atomic E-state index is 12.8. The molecule has 1 N–H and O–H groups in total. The minimum absolute atomic E-state index is 0.0684. The standard InChI is InChI=1S/C18H21N3O6/c1-2-27-18(26)20-9-7-19(8-10-20)14-11-15(22)21(16(14)23)13-5-3-12(4-6-13)17(24)25/h3-6,14H,2,7-11H2,1H3,(H,24,25). The maximum Gasteiger partial charge on any atom is 0.409 e. The van der Waals surface area contributed by atoms with Crippen LogP contribution >= 0.6 is 0 Å². The zero-order valence-corrected chi connectivity index (χ0v) is 15.0. The zero-order valence-electron chi connectivity index (χ0n) is 15.0. The Hall–Kier alpha value is -2.94. The number of carbonyl (C=O) groups excluding carboxylic acids is 3. The first-order valence-electron chi connectivity index (χ1n) is 8.78. The van der Waals surface area contributed by atoms with Gasteiger partial charge in [-0.05, 0) is 31.2 Å². The number of hydrogen-bond donors (Lipinski definition) is 1. The zero-order chi connectivity index (χ0) is 19.6. The average Bonchev–Trinajstić information content (AvgIpc) is 2.96. The van der Waals surface area contributed by atoms with Crippen molar-refractivity contribution >= 4 is 29.6 Å². The van der Waals surface area contributed by atoms with E-state index in [-0.39, 0.29) is 29.9 Å². The summed E-state index contributed by atoms with van der Waals surface area (Å²) in [5.41, 5.74) is 0.451. The number of benzene rings is 1. The molecule has 1 aromatic carbocycles. The fourth-order valence-electron chi connectivity index (χ4n) is 3.36. The van der Waals surface area contributed by atoms with Crippen molar-refractivity contribution in [1.82, 2.24) is 9.80 Å². The number of ether oxygens (including phenoxy) is 1. The second kappa shape index (κ2) is 7.75. The molecule has 9 heteroatoms. The summed E-state index contributed by atoms with van der Waals surface area (Å²) in [7, 11) is 0. The van der Waals surface area contributed by atoms with E-state index in [9.17, 15) is 19.2 Å². The van der Waals surface area contributed by atoms with E-state index in [1.165, 1.54) is 24.3 Å². The van der Waals surface area contributed by atoms with Crippen LogP contribution < -0.4 is 4.90 Å². The number of imide groups is 1. The normalized spacial score (nSPS) is 20.9. The summed E-state index contributed by atoms with van der Waals surface area (Å²) in [6, 6.07) is 5.08. The number of carboxylic acid groups (broad SMARTS) is 1. The van der Waals surface area contributed by atoms with Crippen molar-refractivity contribution in [2.75, 3.05) is 37.7 Å². The molecule has 9 nitrogen and oxygen atoms in total. The van der Waals surface area contributed by atoms with Gasteiger partial charge in [-0.3, -0.25) is 14.5 Å². The molecule has 1 aromatic rings. The average molecular weight is 375 g/mol. The number of rotatable bonds is 4. The summed E-state index contributed by atoms with van der Waals surface area (Å²) in [6.45, 7) is 3.88. The predicted molar refractivity (Wildman–Crippen MR) is 94.5 cm³/mol. The van der Waals surface area contributed by atoms with Crippen LogP contribution in [0.1, 0.15) is 23.7 Å². The van der Waals surface area contributed by atoms with Gasteiger partial charge in [0.15, 0.2) is 0 Å². The van der Waals surface area contributed by atoms with Gasteiger partial charge in [-0.1, -0.05) is 0 Å². The summed E-state index contributed by atoms with van der Waals surface area (Å²) >= 11 is 0. The van der Waals surface area contributed by atoms with Crippen LogP contribution in [-0.4, -0.2) is 77.6 Å². The van der Waals surface area contributed by atoms with Gasteiger partial charge in [-0.2, -0.15) is 0 Å². The lowest BCUT2D eigenvalue weighted by Gasteiger charge is -2.36. The topological polar surface area (TPSA) is 107 Å². The van der Waals surface area contributed by atoms with Crippen molar-refractivity contribution in [1.29, 1.82) is 0 Å². The number of anilines is 1. The Bertz CT molecular complexity index is 755. The smallest absolute Gasteiger partial charge is 0.409 e. The first kappa shape index (κ1) is 18.8. The van der Waals surface area contributed by atoms with Gasteiger partial charge in [0.25, 0.3) is 5.91 Å². The van der Waals surface area contributed by atoms with Gasteiger partial charge in [0, 0.05) is 26.2 Å². The molecule has 2 aliphatic heterocycles. The van der Waals surface area contributed by atoms with E-state index in [2.05, 4.69) is 0 Å². The van der Waals surface area contributed by atoms with E-state index in [1.54, 1.807) is 11.8 Å². The second-order valence-electron chi connectivity index (χ2n) is 6.36. The third kappa shape index (κ3) is 3.77. The SMILES string of the molecule is CCOC(=O)N1CCN(C2CC(=O)N(c3ccc(C(=O)O)cc3)C2=O)CC1. The fraction of sp³-hybridized carbons (Fsp3) is 0.444. The molecule has 1 unspecified atom stereocenters. The van der Waals surface area contributed by atoms with Crippen molar-refractivity contribution < 1.29 is 29.0 Å². The minimum atomic E-state index is -1.07. The van der Waals surface area contributed by atoms with Gasteiger partial charge in [-0.15, -0.1) is 0 Å². The number of hydrogen-bond acceptors (Lipinski definition) is 6. The molecule has 27 heavy (non-hydrogen) atoms. The summed E-state index contributed by atoms with van der Waals surface area (Å²) < 4.78 is 4.98. The van der Waals surface area contributed by atoms with Crippen LogP contribution in [0.4, 0.5) is 10.5 Å². The monoisotopic (exact) mass is 375 g/mol. The second-order valence-corrected chi connectivity index (χ2v) is 6.36. The molecule has 2 aliphatic rings. The van der Waals surface area contributed by atoms with E-state index in [4.69, 9.17) is 9.84 Å². The Labute approximate surface area is 156 Å². The molecule has 1 atom stereocenters. The molecular weight excluding hydrogens is 354 g/mol. The third-order valence-electron chi connectivity index (χ3n) is 4.78. The van der Waals surface area contributed by atoms with Gasteiger partial charge in [0.2, 0.25) is 5.91 Å². The first-order valence-corrected chi connectivity index (χ1v) is 8.78. The summed E-state index contributed by atoms with van der Waals surface area (Å²) in [5, 5.41) is 8.96. The van der Waals surface area contributed by atoms with Gasteiger partial charge >= 0.3 is 12.1 Å². The van der Waals surface area contributed by atoms with Gasteiger partial charge < -0.3 is 14.7 Å². The Morgan fingerprint density at radius 3 is 2.30 bits per heavy atom. The highest BCUT2D eigenvalue weighted by Gasteiger charge is 2.43. The van der Waals surface area contributed by atoms with E-state index >= 15 is 0 Å². The molecule has 144 valence electrons. The lowest BCUT2D eigenvalue weighted by molar-refractivity contribution is -0.123. The fourth-order valence-corrected chi connectivity index (χ4v) is 3.36. The number of piperazine rings is 1. The molecule has 2 saturated heterocycles. The van der Waals surface area contributed by atoms with Crippen molar-refractivity contribution in [3.8, 4) is 0 Å². The van der Waals surface area contributed by atoms with Gasteiger partial charge in [0.05, 0.1) is 30.3 Å². The lowest BCUT2D eigenvalue weighted by atomic mass is 10.1. The molecule has 0 radical (unpaired) electrons. The molecule has 2 heterocycles. The maximum absolute atomic E-state index is 12.8. The molecule has 2 fully saturated rings. The molecular formula is C18H21N3O6. The Morgan fingerprint density at radius 1 is 1.11 bits per heavy atom. The molecule has 0 spiro atoms. The van der Waals surface area contributed by atoms with Gasteiger partial charge in [0.1, 0.15) is 0 Å². The first-order chi connectivity index (χ1) is 12.9. The van der Waals surface area contributed by atoms with Crippen molar-refractivity contribution in [2.24, 2.45) is 0 Å². The highest BCUT2D eigenvalue weighted by Crippen LogP contribution is 2.26. The Kier molecular flexibility index (Phi) is 5.41. The highest BCUT2D eigenvalue weighted by atomic mass is 16.6. The highest BCUT2D eigenvalue weighted by molar-refractivity contribution is 6.22. The number of amides is 3. The summed E-state index contributed by atoms with van der Waals surface area (Å²) in [5.74, 6) is -1.72. The number of carbonyl (C=O) groups is 4.